The Balaban J connectivity index is 2.38. The van der Waals surface area contributed by atoms with Crippen molar-refractivity contribution in [2.75, 3.05) is 0 Å². The molecule has 1 aromatic heterocycles. The summed E-state index contributed by atoms with van der Waals surface area (Å²) in [5.74, 6) is 0. The van der Waals surface area contributed by atoms with Crippen LogP contribution in [0.25, 0.3) is 0 Å². The first-order chi connectivity index (χ1) is 5.79. The van der Waals surface area contributed by atoms with Gasteiger partial charge in [-0.3, -0.25) is 0 Å². The number of thiophene rings is 1. The Labute approximate surface area is 76.0 Å². The van der Waals surface area contributed by atoms with E-state index in [1.54, 1.807) is 11.3 Å². The molecule has 0 atom stereocenters. The summed E-state index contributed by atoms with van der Waals surface area (Å²) in [4.78, 5) is 1.35. The van der Waals surface area contributed by atoms with E-state index in [0.29, 0.717) is 0 Å². The van der Waals surface area contributed by atoms with Crippen molar-refractivity contribution in [3.05, 3.63) is 15.8 Å². The Morgan fingerprint density at radius 2 is 2.00 bits per heavy atom. The van der Waals surface area contributed by atoms with Gasteiger partial charge in [-0.15, -0.1) is 11.3 Å². The van der Waals surface area contributed by atoms with Crippen molar-refractivity contribution in [1.29, 1.82) is 0 Å². The molecule has 64 valence electrons. The standard InChI is InChI=1S/C8H11BO2S/c10-9(11)7-5-12-8-4-2-1-3-6(7)8/h5,10-11H,1-4H2. The number of fused-ring (bicyclic) bond motifs is 1. The molecule has 1 aliphatic rings. The topological polar surface area (TPSA) is 40.5 Å². The van der Waals surface area contributed by atoms with Crippen LogP contribution in [0.1, 0.15) is 23.3 Å². The van der Waals surface area contributed by atoms with Crippen LogP contribution >= 0.6 is 11.3 Å². The quantitative estimate of drug-likeness (QED) is 0.613. The molecule has 2 N–H and O–H groups in total. The van der Waals surface area contributed by atoms with Gasteiger partial charge < -0.3 is 10.0 Å². The van der Waals surface area contributed by atoms with E-state index in [1.165, 1.54) is 23.3 Å². The lowest BCUT2D eigenvalue weighted by Gasteiger charge is -2.12. The Morgan fingerprint density at radius 1 is 1.25 bits per heavy atom. The summed E-state index contributed by atoms with van der Waals surface area (Å²) in [5, 5.41) is 19.9. The third-order valence-corrected chi connectivity index (χ3v) is 3.48. The van der Waals surface area contributed by atoms with Gasteiger partial charge in [0, 0.05) is 4.88 Å². The molecule has 0 spiro atoms. The van der Waals surface area contributed by atoms with E-state index < -0.39 is 7.12 Å². The number of aryl methyl sites for hydroxylation is 1. The highest BCUT2D eigenvalue weighted by Crippen LogP contribution is 2.24. The van der Waals surface area contributed by atoms with Gasteiger partial charge in [0.25, 0.3) is 0 Å². The molecule has 0 amide bonds. The predicted molar refractivity (Wildman–Crippen MR) is 50.8 cm³/mol. The first kappa shape index (κ1) is 8.29. The van der Waals surface area contributed by atoms with Crippen molar-refractivity contribution in [2.24, 2.45) is 0 Å². The van der Waals surface area contributed by atoms with Crippen molar-refractivity contribution in [3.63, 3.8) is 0 Å². The second-order valence-corrected chi connectivity index (χ2v) is 4.14. The van der Waals surface area contributed by atoms with Gasteiger partial charge in [0.15, 0.2) is 0 Å². The van der Waals surface area contributed by atoms with E-state index >= 15 is 0 Å². The molecule has 2 rings (SSSR count). The summed E-state index contributed by atoms with van der Waals surface area (Å²) >= 11 is 1.66. The SMILES string of the molecule is OB(O)c1csc2c1CCCC2. The first-order valence-electron chi connectivity index (χ1n) is 4.24. The molecule has 0 saturated carbocycles. The Bertz CT molecular complexity index is 283. The highest BCUT2D eigenvalue weighted by atomic mass is 32.1. The van der Waals surface area contributed by atoms with Crippen molar-refractivity contribution in [1.82, 2.24) is 0 Å². The van der Waals surface area contributed by atoms with Crippen LogP contribution in [0.2, 0.25) is 0 Å². The minimum absolute atomic E-state index is 0.731. The van der Waals surface area contributed by atoms with Gasteiger partial charge in [0.05, 0.1) is 0 Å². The molecule has 0 unspecified atom stereocenters. The highest BCUT2D eigenvalue weighted by molar-refractivity contribution is 7.11. The summed E-state index contributed by atoms with van der Waals surface area (Å²) in [6.07, 6.45) is 4.57. The minimum atomic E-state index is -1.27. The summed E-state index contributed by atoms with van der Waals surface area (Å²) in [7, 11) is -1.27. The van der Waals surface area contributed by atoms with Crippen LogP contribution in [0.3, 0.4) is 0 Å². The van der Waals surface area contributed by atoms with Crippen molar-refractivity contribution in [2.45, 2.75) is 25.7 Å². The fraction of sp³-hybridized carbons (Fsp3) is 0.500. The number of rotatable bonds is 1. The average Bonchev–Trinajstić information content (AvgIpc) is 2.47. The van der Waals surface area contributed by atoms with Crippen LogP contribution in [-0.2, 0) is 12.8 Å². The van der Waals surface area contributed by atoms with Crippen molar-refractivity contribution < 1.29 is 10.0 Å². The Hall–Kier alpha value is -0.315. The fourth-order valence-corrected chi connectivity index (χ4v) is 2.89. The van der Waals surface area contributed by atoms with E-state index in [1.807, 2.05) is 5.38 Å². The van der Waals surface area contributed by atoms with Crippen LogP contribution < -0.4 is 5.46 Å². The maximum Gasteiger partial charge on any atom is 0.489 e. The molecule has 1 heterocycles. The highest BCUT2D eigenvalue weighted by Gasteiger charge is 2.22. The monoisotopic (exact) mass is 182 g/mol. The van der Waals surface area contributed by atoms with E-state index in [-0.39, 0.29) is 0 Å². The third-order valence-electron chi connectivity index (χ3n) is 2.37. The van der Waals surface area contributed by atoms with Crippen LogP contribution in [-0.4, -0.2) is 17.2 Å². The lowest BCUT2D eigenvalue weighted by molar-refractivity contribution is 0.425. The molecule has 1 aromatic rings. The second-order valence-electron chi connectivity index (χ2n) is 3.17. The zero-order valence-electron chi connectivity index (χ0n) is 6.79. The lowest BCUT2D eigenvalue weighted by atomic mass is 9.76. The summed E-state index contributed by atoms with van der Waals surface area (Å²) < 4.78 is 0. The zero-order chi connectivity index (χ0) is 8.55. The maximum atomic E-state index is 9.03. The normalized spacial score (nSPS) is 15.8. The molecular formula is C8H11BO2S. The summed E-state index contributed by atoms with van der Waals surface area (Å²) in [6, 6.07) is 0. The van der Waals surface area contributed by atoms with Gasteiger partial charge in [-0.1, -0.05) is 0 Å². The van der Waals surface area contributed by atoms with Crippen LogP contribution in [0.5, 0.6) is 0 Å². The molecule has 4 heteroatoms. The Kier molecular flexibility index (Phi) is 2.21. The minimum Gasteiger partial charge on any atom is -0.423 e. The molecular weight excluding hydrogens is 171 g/mol. The molecule has 12 heavy (non-hydrogen) atoms. The van der Waals surface area contributed by atoms with E-state index in [2.05, 4.69) is 0 Å². The smallest absolute Gasteiger partial charge is 0.423 e. The summed E-state index contributed by atoms with van der Waals surface area (Å²) in [6.45, 7) is 0. The van der Waals surface area contributed by atoms with E-state index in [0.717, 1.165) is 18.3 Å². The molecule has 0 fully saturated rings. The van der Waals surface area contributed by atoms with Crippen LogP contribution in [0.15, 0.2) is 5.38 Å². The van der Waals surface area contributed by atoms with Gasteiger partial charge in [-0.05, 0) is 42.1 Å². The molecule has 2 nitrogen and oxygen atoms in total. The van der Waals surface area contributed by atoms with Crippen LogP contribution in [0.4, 0.5) is 0 Å². The molecule has 0 radical (unpaired) electrons. The van der Waals surface area contributed by atoms with Gasteiger partial charge in [-0.25, -0.2) is 0 Å². The van der Waals surface area contributed by atoms with Gasteiger partial charge >= 0.3 is 7.12 Å². The third kappa shape index (κ3) is 1.30. The molecule has 0 aliphatic heterocycles. The van der Waals surface area contributed by atoms with Crippen LogP contribution in [0, 0.1) is 0 Å². The van der Waals surface area contributed by atoms with Crippen molar-refractivity contribution in [3.8, 4) is 0 Å². The number of hydrogen-bond donors (Lipinski definition) is 2. The fourth-order valence-electron chi connectivity index (χ4n) is 1.74. The largest absolute Gasteiger partial charge is 0.489 e. The lowest BCUT2D eigenvalue weighted by Crippen LogP contribution is -2.32. The van der Waals surface area contributed by atoms with Gasteiger partial charge in [0.2, 0.25) is 0 Å². The number of hydrogen-bond acceptors (Lipinski definition) is 3. The molecule has 1 aliphatic carbocycles. The molecule has 0 saturated heterocycles. The predicted octanol–water partition coefficient (Wildman–Crippen LogP) is 0.307. The van der Waals surface area contributed by atoms with E-state index in [9.17, 15) is 0 Å². The van der Waals surface area contributed by atoms with Gasteiger partial charge in [-0.2, -0.15) is 0 Å². The first-order valence-corrected chi connectivity index (χ1v) is 5.12. The van der Waals surface area contributed by atoms with Gasteiger partial charge in [0.1, 0.15) is 0 Å². The molecule has 0 aromatic carbocycles. The van der Waals surface area contributed by atoms with E-state index in [4.69, 9.17) is 10.0 Å². The Morgan fingerprint density at radius 3 is 2.75 bits per heavy atom. The summed E-state index contributed by atoms with van der Waals surface area (Å²) in [5.41, 5.74) is 1.93. The zero-order valence-corrected chi connectivity index (χ0v) is 7.60. The molecule has 0 bridgehead atoms. The second kappa shape index (κ2) is 3.20. The van der Waals surface area contributed by atoms with Crippen molar-refractivity contribution >= 4 is 23.9 Å². The maximum absolute atomic E-state index is 9.03. The average molecular weight is 182 g/mol.